The third-order valence-corrected chi connectivity index (χ3v) is 3.84. The standard InChI is InChI=1S/C20H35N3/c1-19(17-20-11-7-6-8-12-20)18-23(15-9-13-21(2)3)16-10-14-22(4)5/h6-8,11-12,17H,9-10,13-16,18H2,1-5H3/b19-17+. The van der Waals surface area contributed by atoms with Crippen LogP contribution in [0.5, 0.6) is 0 Å². The second-order valence-electron chi connectivity index (χ2n) is 6.99. The van der Waals surface area contributed by atoms with Crippen molar-refractivity contribution in [3.8, 4) is 0 Å². The summed E-state index contributed by atoms with van der Waals surface area (Å²) >= 11 is 0. The van der Waals surface area contributed by atoms with Crippen LogP contribution in [-0.4, -0.2) is 75.6 Å². The molecule has 0 saturated heterocycles. The van der Waals surface area contributed by atoms with Gasteiger partial charge in [0.2, 0.25) is 0 Å². The van der Waals surface area contributed by atoms with E-state index in [1.165, 1.54) is 37.1 Å². The maximum Gasteiger partial charge on any atom is 0.0193 e. The summed E-state index contributed by atoms with van der Waals surface area (Å²) in [5.41, 5.74) is 2.73. The molecule has 0 heterocycles. The van der Waals surface area contributed by atoms with Crippen LogP contribution in [0.1, 0.15) is 25.3 Å². The molecular formula is C20H35N3. The van der Waals surface area contributed by atoms with Crippen molar-refractivity contribution in [2.45, 2.75) is 19.8 Å². The molecule has 0 saturated carbocycles. The molecule has 23 heavy (non-hydrogen) atoms. The normalized spacial score (nSPS) is 12.6. The Morgan fingerprint density at radius 2 is 1.35 bits per heavy atom. The lowest BCUT2D eigenvalue weighted by Gasteiger charge is -2.24. The van der Waals surface area contributed by atoms with Crippen molar-refractivity contribution in [3.05, 3.63) is 41.5 Å². The highest BCUT2D eigenvalue weighted by molar-refractivity contribution is 5.52. The van der Waals surface area contributed by atoms with Crippen molar-refractivity contribution in [3.63, 3.8) is 0 Å². The van der Waals surface area contributed by atoms with E-state index in [0.717, 1.165) is 19.6 Å². The predicted molar refractivity (Wildman–Crippen MR) is 103 cm³/mol. The van der Waals surface area contributed by atoms with Gasteiger partial charge < -0.3 is 9.80 Å². The third kappa shape index (κ3) is 10.3. The molecule has 0 fully saturated rings. The highest BCUT2D eigenvalue weighted by atomic mass is 15.1. The Kier molecular flexibility index (Phi) is 9.85. The minimum absolute atomic E-state index is 1.07. The summed E-state index contributed by atoms with van der Waals surface area (Å²) in [4.78, 5) is 7.14. The lowest BCUT2D eigenvalue weighted by molar-refractivity contribution is 0.256. The van der Waals surface area contributed by atoms with Gasteiger partial charge in [-0.25, -0.2) is 0 Å². The van der Waals surface area contributed by atoms with Gasteiger partial charge in [0.25, 0.3) is 0 Å². The van der Waals surface area contributed by atoms with E-state index in [1.54, 1.807) is 0 Å². The van der Waals surface area contributed by atoms with Gasteiger partial charge in [0.1, 0.15) is 0 Å². The van der Waals surface area contributed by atoms with Gasteiger partial charge in [-0.1, -0.05) is 42.0 Å². The van der Waals surface area contributed by atoms with Crippen LogP contribution < -0.4 is 0 Å². The molecule has 0 bridgehead atoms. The fraction of sp³-hybridized carbons (Fsp3) is 0.600. The van der Waals surface area contributed by atoms with Crippen molar-refractivity contribution < 1.29 is 0 Å². The van der Waals surface area contributed by atoms with E-state index in [-0.39, 0.29) is 0 Å². The van der Waals surface area contributed by atoms with Crippen LogP contribution in [0.4, 0.5) is 0 Å². The van der Waals surface area contributed by atoms with Crippen molar-refractivity contribution in [2.75, 3.05) is 60.9 Å². The summed E-state index contributed by atoms with van der Waals surface area (Å²) in [6.07, 6.45) is 4.77. The van der Waals surface area contributed by atoms with Gasteiger partial charge in [-0.2, -0.15) is 0 Å². The van der Waals surface area contributed by atoms with Gasteiger partial charge >= 0.3 is 0 Å². The van der Waals surface area contributed by atoms with Crippen LogP contribution in [0.15, 0.2) is 35.9 Å². The Hall–Kier alpha value is -1.16. The van der Waals surface area contributed by atoms with Gasteiger partial charge in [0, 0.05) is 6.54 Å². The van der Waals surface area contributed by atoms with Gasteiger partial charge in [0.05, 0.1) is 0 Å². The van der Waals surface area contributed by atoms with Crippen LogP contribution >= 0.6 is 0 Å². The molecule has 0 radical (unpaired) electrons. The molecular weight excluding hydrogens is 282 g/mol. The highest BCUT2D eigenvalue weighted by Crippen LogP contribution is 2.09. The molecule has 0 aliphatic carbocycles. The van der Waals surface area contributed by atoms with Crippen molar-refractivity contribution in [1.82, 2.24) is 14.7 Å². The Balaban J connectivity index is 2.53. The largest absolute Gasteiger partial charge is 0.309 e. The fourth-order valence-electron chi connectivity index (χ4n) is 2.72. The number of benzene rings is 1. The molecule has 0 atom stereocenters. The average Bonchev–Trinajstić information content (AvgIpc) is 2.47. The summed E-state index contributed by atoms with van der Waals surface area (Å²) in [5, 5.41) is 0. The summed E-state index contributed by atoms with van der Waals surface area (Å²) in [7, 11) is 8.60. The fourth-order valence-corrected chi connectivity index (χ4v) is 2.72. The van der Waals surface area contributed by atoms with E-state index in [1.807, 2.05) is 0 Å². The van der Waals surface area contributed by atoms with Crippen molar-refractivity contribution in [1.29, 1.82) is 0 Å². The zero-order valence-corrected chi connectivity index (χ0v) is 15.8. The SMILES string of the molecule is C/C(=C\c1ccccc1)CN(CCCN(C)C)CCCN(C)C. The first-order valence-corrected chi connectivity index (χ1v) is 8.71. The number of rotatable bonds is 11. The van der Waals surface area contributed by atoms with Crippen LogP contribution in [0.25, 0.3) is 6.08 Å². The van der Waals surface area contributed by atoms with Gasteiger partial charge in [0.15, 0.2) is 0 Å². The zero-order chi connectivity index (χ0) is 17.1. The quantitative estimate of drug-likeness (QED) is 0.620. The molecule has 0 aliphatic rings. The second-order valence-corrected chi connectivity index (χ2v) is 6.99. The molecule has 3 nitrogen and oxygen atoms in total. The molecule has 1 aromatic rings. The summed E-state index contributed by atoms with van der Waals surface area (Å²) in [6.45, 7) is 7.97. The molecule has 0 N–H and O–H groups in total. The van der Waals surface area contributed by atoms with Crippen LogP contribution in [-0.2, 0) is 0 Å². The summed E-state index contributed by atoms with van der Waals surface area (Å²) < 4.78 is 0. The molecule has 0 aromatic heterocycles. The molecule has 0 unspecified atom stereocenters. The van der Waals surface area contributed by atoms with Crippen LogP contribution in [0.2, 0.25) is 0 Å². The van der Waals surface area contributed by atoms with E-state index in [4.69, 9.17) is 0 Å². The smallest absolute Gasteiger partial charge is 0.0193 e. The molecule has 3 heteroatoms. The molecule has 1 aromatic carbocycles. The first kappa shape index (κ1) is 19.9. The van der Waals surface area contributed by atoms with Gasteiger partial charge in [-0.15, -0.1) is 0 Å². The minimum atomic E-state index is 1.07. The Bertz CT molecular complexity index is 423. The topological polar surface area (TPSA) is 9.72 Å². The van der Waals surface area contributed by atoms with Crippen molar-refractivity contribution in [2.24, 2.45) is 0 Å². The van der Waals surface area contributed by atoms with Crippen LogP contribution in [0, 0.1) is 0 Å². The maximum absolute atomic E-state index is 2.60. The van der Waals surface area contributed by atoms with E-state index >= 15 is 0 Å². The lowest BCUT2D eigenvalue weighted by Crippen LogP contribution is -2.31. The molecule has 0 aliphatic heterocycles. The highest BCUT2D eigenvalue weighted by Gasteiger charge is 2.06. The Morgan fingerprint density at radius 3 is 1.83 bits per heavy atom. The Labute approximate surface area is 143 Å². The number of hydrogen-bond acceptors (Lipinski definition) is 3. The van der Waals surface area contributed by atoms with Crippen LogP contribution in [0.3, 0.4) is 0 Å². The average molecular weight is 318 g/mol. The molecule has 0 amide bonds. The second kappa shape index (κ2) is 11.4. The third-order valence-electron chi connectivity index (χ3n) is 3.84. The molecule has 1 rings (SSSR count). The zero-order valence-electron chi connectivity index (χ0n) is 15.8. The van der Waals surface area contributed by atoms with Crippen molar-refractivity contribution >= 4 is 6.08 Å². The summed E-state index contributed by atoms with van der Waals surface area (Å²) in [6, 6.07) is 10.6. The molecule has 0 spiro atoms. The van der Waals surface area contributed by atoms with E-state index in [9.17, 15) is 0 Å². The monoisotopic (exact) mass is 317 g/mol. The number of nitrogens with zero attached hydrogens (tertiary/aromatic N) is 3. The molecule has 130 valence electrons. The van der Waals surface area contributed by atoms with E-state index in [2.05, 4.69) is 86.2 Å². The number of hydrogen-bond donors (Lipinski definition) is 0. The predicted octanol–water partition coefficient (Wildman–Crippen LogP) is 3.30. The lowest BCUT2D eigenvalue weighted by atomic mass is 10.1. The summed E-state index contributed by atoms with van der Waals surface area (Å²) in [5.74, 6) is 0. The van der Waals surface area contributed by atoms with E-state index < -0.39 is 0 Å². The first-order valence-electron chi connectivity index (χ1n) is 8.71. The van der Waals surface area contributed by atoms with E-state index in [0.29, 0.717) is 0 Å². The maximum atomic E-state index is 2.60. The Morgan fingerprint density at radius 1 is 0.826 bits per heavy atom. The van der Waals surface area contributed by atoms with Gasteiger partial charge in [-0.05, 0) is 79.7 Å². The first-order chi connectivity index (χ1) is 11.0. The van der Waals surface area contributed by atoms with Gasteiger partial charge in [-0.3, -0.25) is 4.90 Å². The minimum Gasteiger partial charge on any atom is -0.309 e.